The van der Waals surface area contributed by atoms with E-state index in [2.05, 4.69) is 45.3 Å². The van der Waals surface area contributed by atoms with Crippen LogP contribution < -0.4 is 0 Å². The van der Waals surface area contributed by atoms with Crippen LogP contribution in [0.3, 0.4) is 0 Å². The van der Waals surface area contributed by atoms with Crippen LogP contribution in [-0.4, -0.2) is 25.1 Å². The molecule has 0 heterocycles. The summed E-state index contributed by atoms with van der Waals surface area (Å²) in [5, 5.41) is 0. The molecule has 0 aliphatic carbocycles. The highest BCUT2D eigenvalue weighted by Crippen LogP contribution is 2.29. The van der Waals surface area contributed by atoms with Crippen molar-refractivity contribution < 1.29 is 4.48 Å². The highest BCUT2D eigenvalue weighted by atomic mass is 35.5. The predicted octanol–water partition coefficient (Wildman–Crippen LogP) is 6.14. The molecule has 0 saturated heterocycles. The van der Waals surface area contributed by atoms with Crippen LogP contribution in [0.2, 0.25) is 0 Å². The molecule has 0 spiro atoms. The molecule has 0 aromatic heterocycles. The average molecular weight is 311 g/mol. The van der Waals surface area contributed by atoms with Gasteiger partial charge in [-0.2, -0.15) is 0 Å². The molecule has 1 aromatic carbocycles. The number of benzene rings is 1. The summed E-state index contributed by atoms with van der Waals surface area (Å²) < 4.78 is 0.863. The third-order valence-electron chi connectivity index (χ3n) is 4.28. The van der Waals surface area contributed by atoms with E-state index in [1.54, 1.807) is 0 Å². The Morgan fingerprint density at radius 3 is 1.95 bits per heavy atom. The van der Waals surface area contributed by atoms with Crippen molar-refractivity contribution in [3.05, 3.63) is 35.9 Å². The number of hydrogen-bond donors (Lipinski definition) is 0. The Morgan fingerprint density at radius 1 is 0.857 bits per heavy atom. The van der Waals surface area contributed by atoms with E-state index in [4.69, 9.17) is 11.6 Å². The van der Waals surface area contributed by atoms with E-state index in [0.717, 1.165) is 11.0 Å². The van der Waals surface area contributed by atoms with Crippen LogP contribution in [0.1, 0.15) is 69.4 Å². The van der Waals surface area contributed by atoms with Gasteiger partial charge in [0.05, 0.1) is 20.6 Å². The number of quaternary nitrogens is 1. The van der Waals surface area contributed by atoms with Gasteiger partial charge in [0, 0.05) is 5.56 Å². The zero-order valence-corrected chi connectivity index (χ0v) is 14.9. The number of rotatable bonds is 11. The molecule has 1 unspecified atom stereocenters. The van der Waals surface area contributed by atoms with E-state index in [1.807, 2.05) is 6.07 Å². The minimum absolute atomic E-state index is 0.0516. The third-order valence-corrected chi connectivity index (χ3v) is 5.06. The van der Waals surface area contributed by atoms with Crippen molar-refractivity contribution >= 4 is 11.6 Å². The summed E-state index contributed by atoms with van der Waals surface area (Å²) in [7, 11) is 4.48. The molecule has 0 aliphatic rings. The van der Waals surface area contributed by atoms with Gasteiger partial charge in [-0.1, -0.05) is 87.4 Å². The number of nitrogens with zero attached hydrogens (tertiary/aromatic N) is 1. The van der Waals surface area contributed by atoms with E-state index < -0.39 is 0 Å². The molecule has 2 heteroatoms. The second-order valence-corrected chi connectivity index (χ2v) is 7.14. The molecule has 0 amide bonds. The van der Waals surface area contributed by atoms with Crippen molar-refractivity contribution in [3.63, 3.8) is 0 Å². The molecule has 0 N–H and O–H groups in total. The van der Waals surface area contributed by atoms with E-state index in [9.17, 15) is 0 Å². The fourth-order valence-corrected chi connectivity index (χ4v) is 3.03. The van der Waals surface area contributed by atoms with Gasteiger partial charge in [0.15, 0.2) is 5.50 Å². The van der Waals surface area contributed by atoms with Crippen LogP contribution in [0.4, 0.5) is 0 Å². The van der Waals surface area contributed by atoms with Gasteiger partial charge in [-0.15, -0.1) is 0 Å². The van der Waals surface area contributed by atoms with Crippen molar-refractivity contribution in [2.24, 2.45) is 0 Å². The fraction of sp³-hybridized carbons (Fsp3) is 0.684. The van der Waals surface area contributed by atoms with Crippen LogP contribution in [-0.2, 0) is 0 Å². The topological polar surface area (TPSA) is 0 Å². The average Bonchev–Trinajstić information content (AvgIpc) is 2.50. The van der Waals surface area contributed by atoms with Crippen LogP contribution in [0.15, 0.2) is 30.3 Å². The molecule has 0 bridgehead atoms. The third kappa shape index (κ3) is 7.33. The molecule has 21 heavy (non-hydrogen) atoms. The molecule has 0 saturated carbocycles. The van der Waals surface area contributed by atoms with Gasteiger partial charge in [0.25, 0.3) is 0 Å². The summed E-state index contributed by atoms with van der Waals surface area (Å²) >= 11 is 6.67. The lowest BCUT2D eigenvalue weighted by atomic mass is 10.1. The van der Waals surface area contributed by atoms with Crippen molar-refractivity contribution in [3.8, 4) is 0 Å². The minimum atomic E-state index is 0.0516. The predicted molar refractivity (Wildman–Crippen MR) is 94.6 cm³/mol. The monoisotopic (exact) mass is 310 g/mol. The highest BCUT2D eigenvalue weighted by Gasteiger charge is 2.26. The molecule has 120 valence electrons. The van der Waals surface area contributed by atoms with E-state index in [0.29, 0.717) is 0 Å². The second kappa shape index (κ2) is 10.2. The maximum absolute atomic E-state index is 6.67. The Labute approximate surface area is 136 Å². The lowest BCUT2D eigenvalue weighted by Gasteiger charge is -2.34. The van der Waals surface area contributed by atoms with Gasteiger partial charge in [-0.3, -0.25) is 0 Å². The Morgan fingerprint density at radius 2 is 1.38 bits per heavy atom. The molecular weight excluding hydrogens is 278 g/mol. The lowest BCUT2D eigenvalue weighted by molar-refractivity contribution is -0.907. The minimum Gasteiger partial charge on any atom is -0.310 e. The molecule has 0 fully saturated rings. The Hall–Kier alpha value is -0.530. The maximum atomic E-state index is 6.67. The van der Waals surface area contributed by atoms with Gasteiger partial charge in [0.1, 0.15) is 0 Å². The SMILES string of the molecule is CCCCCCCCCC[N+](C)(C)C(Cl)c1ccccc1. The van der Waals surface area contributed by atoms with Crippen LogP contribution in [0.25, 0.3) is 0 Å². The van der Waals surface area contributed by atoms with Crippen molar-refractivity contribution in [2.45, 2.75) is 63.8 Å². The van der Waals surface area contributed by atoms with E-state index in [-0.39, 0.29) is 5.50 Å². The molecule has 0 radical (unpaired) electrons. The summed E-state index contributed by atoms with van der Waals surface area (Å²) in [6.45, 7) is 3.42. The summed E-state index contributed by atoms with van der Waals surface area (Å²) in [5.41, 5.74) is 1.28. The zero-order chi connectivity index (χ0) is 15.6. The second-order valence-electron chi connectivity index (χ2n) is 6.72. The first kappa shape index (κ1) is 18.5. The summed E-state index contributed by atoms with van der Waals surface area (Å²) in [5.74, 6) is 0. The molecule has 1 atom stereocenters. The van der Waals surface area contributed by atoms with Gasteiger partial charge in [-0.05, 0) is 12.8 Å². The number of alkyl halides is 1. The van der Waals surface area contributed by atoms with Crippen molar-refractivity contribution in [1.82, 2.24) is 0 Å². The number of halogens is 1. The first-order chi connectivity index (χ1) is 10.1. The first-order valence-corrected chi connectivity index (χ1v) is 9.03. The fourth-order valence-electron chi connectivity index (χ4n) is 2.78. The quantitative estimate of drug-likeness (QED) is 0.199. The summed E-state index contributed by atoms with van der Waals surface area (Å²) in [6, 6.07) is 10.4. The Bertz CT molecular complexity index is 361. The van der Waals surface area contributed by atoms with Gasteiger partial charge >= 0.3 is 0 Å². The van der Waals surface area contributed by atoms with Gasteiger partial charge < -0.3 is 4.48 Å². The zero-order valence-electron chi connectivity index (χ0n) is 14.2. The highest BCUT2D eigenvalue weighted by molar-refractivity contribution is 6.19. The van der Waals surface area contributed by atoms with Crippen LogP contribution in [0, 0.1) is 0 Å². The molecule has 1 aromatic rings. The molecule has 0 aliphatic heterocycles. The summed E-state index contributed by atoms with van der Waals surface area (Å²) in [4.78, 5) is 0. The normalized spacial score (nSPS) is 13.3. The smallest absolute Gasteiger partial charge is 0.190 e. The van der Waals surface area contributed by atoms with E-state index in [1.165, 1.54) is 56.9 Å². The molecule has 1 nitrogen and oxygen atoms in total. The largest absolute Gasteiger partial charge is 0.310 e. The number of unbranched alkanes of at least 4 members (excludes halogenated alkanes) is 7. The summed E-state index contributed by atoms with van der Waals surface area (Å²) in [6.07, 6.45) is 10.9. The van der Waals surface area contributed by atoms with E-state index >= 15 is 0 Å². The van der Waals surface area contributed by atoms with Crippen molar-refractivity contribution in [1.29, 1.82) is 0 Å². The molecular formula is C19H33ClN+. The van der Waals surface area contributed by atoms with Gasteiger partial charge in [0.2, 0.25) is 0 Å². The first-order valence-electron chi connectivity index (χ1n) is 8.59. The standard InChI is InChI=1S/C19H33ClN/c1-4-5-6-7-8-9-10-14-17-21(2,3)19(20)18-15-12-11-13-16-18/h11-13,15-16,19H,4-10,14,17H2,1-3H3/q+1. The van der Waals surface area contributed by atoms with Crippen LogP contribution >= 0.6 is 11.6 Å². The van der Waals surface area contributed by atoms with Crippen LogP contribution in [0.5, 0.6) is 0 Å². The van der Waals surface area contributed by atoms with Gasteiger partial charge in [-0.25, -0.2) is 0 Å². The molecule has 1 rings (SSSR count). The number of hydrogen-bond acceptors (Lipinski definition) is 0. The Balaban J connectivity index is 2.21. The lowest BCUT2D eigenvalue weighted by Crippen LogP contribution is -2.41. The Kier molecular flexibility index (Phi) is 9.03. The van der Waals surface area contributed by atoms with Crippen molar-refractivity contribution in [2.75, 3.05) is 20.6 Å². The maximum Gasteiger partial charge on any atom is 0.190 e.